The average molecular weight is 380 g/mol. The van der Waals surface area contributed by atoms with Gasteiger partial charge in [-0.2, -0.15) is 0 Å². The molecule has 7 nitrogen and oxygen atoms in total. The number of para-hydroxylation sites is 2. The average Bonchev–Trinajstić information content (AvgIpc) is 3.17. The van der Waals surface area contributed by atoms with Crippen molar-refractivity contribution in [3.63, 3.8) is 0 Å². The summed E-state index contributed by atoms with van der Waals surface area (Å²) < 4.78 is 0. The van der Waals surface area contributed by atoms with Crippen molar-refractivity contribution in [3.05, 3.63) is 42.9 Å². The third kappa shape index (κ3) is 3.67. The number of likely N-dealkylation sites (tertiary alicyclic amines) is 1. The van der Waals surface area contributed by atoms with Crippen molar-refractivity contribution in [2.75, 3.05) is 36.0 Å². The van der Waals surface area contributed by atoms with Gasteiger partial charge in [0.2, 0.25) is 0 Å². The molecule has 0 aliphatic carbocycles. The number of carbonyl (C=O) groups is 1. The zero-order valence-electron chi connectivity index (χ0n) is 16.8. The van der Waals surface area contributed by atoms with Crippen molar-refractivity contribution in [3.8, 4) is 0 Å². The minimum Gasteiger partial charge on any atom is -0.334 e. The predicted octanol–water partition coefficient (Wildman–Crippen LogP) is 3.02. The SMILES string of the molecule is CC(C)(C)N1CC[C@H](NC(=O)N2CCN(c3cnccn3)c3ccccc32)C1. The van der Waals surface area contributed by atoms with Crippen molar-refractivity contribution in [1.29, 1.82) is 0 Å². The summed E-state index contributed by atoms with van der Waals surface area (Å²) in [6.07, 6.45) is 6.11. The minimum absolute atomic E-state index is 0.0213. The number of fused-ring (bicyclic) bond motifs is 1. The lowest BCUT2D eigenvalue weighted by Gasteiger charge is -2.37. The molecule has 2 amide bonds. The fourth-order valence-electron chi connectivity index (χ4n) is 3.98. The number of aromatic nitrogens is 2. The number of urea groups is 1. The molecule has 1 aromatic carbocycles. The van der Waals surface area contributed by atoms with Gasteiger partial charge in [-0.05, 0) is 39.3 Å². The number of hydrogen-bond donors (Lipinski definition) is 1. The van der Waals surface area contributed by atoms with Gasteiger partial charge in [0.05, 0.1) is 17.6 Å². The number of amides is 2. The van der Waals surface area contributed by atoms with Crippen LogP contribution >= 0.6 is 0 Å². The van der Waals surface area contributed by atoms with Crippen LogP contribution in [0.5, 0.6) is 0 Å². The van der Waals surface area contributed by atoms with Gasteiger partial charge in [-0.15, -0.1) is 0 Å². The van der Waals surface area contributed by atoms with E-state index >= 15 is 0 Å². The smallest absolute Gasteiger partial charge is 0.322 e. The van der Waals surface area contributed by atoms with E-state index in [1.54, 1.807) is 18.6 Å². The number of anilines is 3. The summed E-state index contributed by atoms with van der Waals surface area (Å²) >= 11 is 0. The fourth-order valence-corrected chi connectivity index (χ4v) is 3.98. The van der Waals surface area contributed by atoms with Crippen molar-refractivity contribution < 1.29 is 4.79 Å². The van der Waals surface area contributed by atoms with Crippen molar-refractivity contribution in [1.82, 2.24) is 20.2 Å². The Morgan fingerprint density at radius 1 is 1.11 bits per heavy atom. The molecule has 7 heteroatoms. The number of hydrogen-bond acceptors (Lipinski definition) is 5. The minimum atomic E-state index is -0.0213. The lowest BCUT2D eigenvalue weighted by Crippen LogP contribution is -2.51. The molecule has 148 valence electrons. The number of nitrogens with one attached hydrogen (secondary N) is 1. The Bertz CT molecular complexity index is 834. The van der Waals surface area contributed by atoms with Gasteiger partial charge in [0.1, 0.15) is 0 Å². The highest BCUT2D eigenvalue weighted by atomic mass is 16.2. The van der Waals surface area contributed by atoms with Crippen LogP contribution in [0.25, 0.3) is 0 Å². The van der Waals surface area contributed by atoms with Crippen LogP contribution in [0.15, 0.2) is 42.9 Å². The van der Waals surface area contributed by atoms with E-state index in [9.17, 15) is 4.79 Å². The molecule has 0 saturated carbocycles. The Labute approximate surface area is 166 Å². The molecule has 2 aliphatic heterocycles. The van der Waals surface area contributed by atoms with E-state index in [0.717, 1.165) is 36.7 Å². The zero-order chi connectivity index (χ0) is 19.7. The van der Waals surface area contributed by atoms with Crippen LogP contribution in [0.3, 0.4) is 0 Å². The fraction of sp³-hybridized carbons (Fsp3) is 0.476. The lowest BCUT2D eigenvalue weighted by atomic mass is 10.1. The number of benzene rings is 1. The molecule has 1 atom stereocenters. The Morgan fingerprint density at radius 2 is 1.89 bits per heavy atom. The monoisotopic (exact) mass is 380 g/mol. The van der Waals surface area contributed by atoms with Crippen LogP contribution in [0.4, 0.5) is 22.0 Å². The molecule has 4 rings (SSSR count). The summed E-state index contributed by atoms with van der Waals surface area (Å²) in [5.41, 5.74) is 2.02. The number of rotatable bonds is 2. The van der Waals surface area contributed by atoms with Gasteiger partial charge >= 0.3 is 6.03 Å². The molecular weight excluding hydrogens is 352 g/mol. The Balaban J connectivity index is 1.50. The van der Waals surface area contributed by atoms with E-state index in [2.05, 4.69) is 45.9 Å². The first-order valence-electron chi connectivity index (χ1n) is 9.89. The third-order valence-corrected chi connectivity index (χ3v) is 5.55. The molecule has 0 spiro atoms. The van der Waals surface area contributed by atoms with E-state index in [0.29, 0.717) is 13.1 Å². The molecule has 28 heavy (non-hydrogen) atoms. The van der Waals surface area contributed by atoms with E-state index in [1.165, 1.54) is 0 Å². The summed E-state index contributed by atoms with van der Waals surface area (Å²) in [7, 11) is 0. The van der Waals surface area contributed by atoms with Gasteiger partial charge in [-0.25, -0.2) is 9.78 Å². The quantitative estimate of drug-likeness (QED) is 0.868. The highest BCUT2D eigenvalue weighted by Crippen LogP contribution is 2.36. The van der Waals surface area contributed by atoms with Crippen LogP contribution in [0, 0.1) is 0 Å². The third-order valence-electron chi connectivity index (χ3n) is 5.55. The lowest BCUT2D eigenvalue weighted by molar-refractivity contribution is 0.170. The molecule has 1 aromatic heterocycles. The Hall–Kier alpha value is -2.67. The highest BCUT2D eigenvalue weighted by molar-refractivity contribution is 5.97. The van der Waals surface area contributed by atoms with E-state index in [1.807, 2.05) is 29.2 Å². The van der Waals surface area contributed by atoms with E-state index in [-0.39, 0.29) is 17.6 Å². The summed E-state index contributed by atoms with van der Waals surface area (Å²) in [5, 5.41) is 3.24. The van der Waals surface area contributed by atoms with Gasteiger partial charge in [0, 0.05) is 50.2 Å². The first-order chi connectivity index (χ1) is 13.4. The highest BCUT2D eigenvalue weighted by Gasteiger charge is 2.33. The molecule has 1 saturated heterocycles. The zero-order valence-corrected chi connectivity index (χ0v) is 16.8. The van der Waals surface area contributed by atoms with E-state index in [4.69, 9.17) is 0 Å². The molecule has 2 aromatic rings. The van der Waals surface area contributed by atoms with Gasteiger partial charge in [0.25, 0.3) is 0 Å². The predicted molar refractivity (Wildman–Crippen MR) is 111 cm³/mol. The first kappa shape index (κ1) is 18.7. The summed E-state index contributed by atoms with van der Waals surface area (Å²) in [4.78, 5) is 28.1. The van der Waals surface area contributed by atoms with Crippen molar-refractivity contribution >= 4 is 23.2 Å². The van der Waals surface area contributed by atoms with Crippen LogP contribution in [0.2, 0.25) is 0 Å². The maximum Gasteiger partial charge on any atom is 0.322 e. The maximum atomic E-state index is 13.1. The molecule has 0 radical (unpaired) electrons. The standard InChI is InChI=1S/C21H28N6O/c1-21(2,3)25-11-8-16(15-25)24-20(28)27-13-12-26(19-14-22-9-10-23-19)17-6-4-5-7-18(17)27/h4-7,9-10,14,16H,8,11-13,15H2,1-3H3,(H,24,28)/t16-/m0/s1. The molecule has 0 bridgehead atoms. The van der Waals surface area contributed by atoms with Crippen LogP contribution < -0.4 is 15.1 Å². The Morgan fingerprint density at radius 3 is 2.57 bits per heavy atom. The van der Waals surface area contributed by atoms with Gasteiger partial charge in [0.15, 0.2) is 5.82 Å². The van der Waals surface area contributed by atoms with Gasteiger partial charge in [-0.1, -0.05) is 12.1 Å². The van der Waals surface area contributed by atoms with Gasteiger partial charge < -0.3 is 10.2 Å². The maximum absolute atomic E-state index is 13.1. The number of nitrogens with zero attached hydrogens (tertiary/aromatic N) is 5. The molecule has 0 unspecified atom stereocenters. The molecule has 3 heterocycles. The largest absolute Gasteiger partial charge is 0.334 e. The van der Waals surface area contributed by atoms with Crippen LogP contribution in [-0.2, 0) is 0 Å². The molecule has 1 N–H and O–H groups in total. The second-order valence-electron chi connectivity index (χ2n) is 8.41. The molecular formula is C21H28N6O. The summed E-state index contributed by atoms with van der Waals surface area (Å²) in [5.74, 6) is 0.798. The topological polar surface area (TPSA) is 64.6 Å². The first-order valence-corrected chi connectivity index (χ1v) is 9.89. The molecule has 1 fully saturated rings. The number of carbonyl (C=O) groups excluding carboxylic acids is 1. The second kappa shape index (κ2) is 7.39. The summed E-state index contributed by atoms with van der Waals surface area (Å²) in [6, 6.07) is 8.15. The van der Waals surface area contributed by atoms with Crippen LogP contribution in [0.1, 0.15) is 27.2 Å². The van der Waals surface area contributed by atoms with Crippen LogP contribution in [-0.4, -0.2) is 58.7 Å². The molecule has 2 aliphatic rings. The summed E-state index contributed by atoms with van der Waals surface area (Å²) in [6.45, 7) is 9.87. The van der Waals surface area contributed by atoms with Crippen molar-refractivity contribution in [2.45, 2.75) is 38.8 Å². The second-order valence-corrected chi connectivity index (χ2v) is 8.41. The van der Waals surface area contributed by atoms with Crippen molar-refractivity contribution in [2.24, 2.45) is 0 Å². The Kier molecular flexibility index (Phi) is 4.93. The van der Waals surface area contributed by atoms with E-state index < -0.39 is 0 Å². The normalized spacial score (nSPS) is 20.2. The van der Waals surface area contributed by atoms with Gasteiger partial charge in [-0.3, -0.25) is 14.8 Å².